The lowest BCUT2D eigenvalue weighted by Gasteiger charge is -2.70. The van der Waals surface area contributed by atoms with Gasteiger partial charge < -0.3 is 0 Å². The number of benzene rings is 1. The lowest BCUT2D eigenvalue weighted by Crippen LogP contribution is -2.64. The Hall–Kier alpha value is -1.04. The van der Waals surface area contributed by atoms with Gasteiger partial charge in [0.05, 0.1) is 0 Å². The smallest absolute Gasteiger partial charge is 0.000715 e. The summed E-state index contributed by atoms with van der Waals surface area (Å²) in [5.41, 5.74) is 10.7. The van der Waals surface area contributed by atoms with E-state index in [0.717, 1.165) is 12.3 Å². The first-order valence-corrected chi connectivity index (χ1v) is 12.2. The van der Waals surface area contributed by atoms with Crippen LogP contribution in [0, 0.1) is 36.0 Å². The van der Waals surface area contributed by atoms with E-state index in [4.69, 9.17) is 0 Å². The lowest BCUT2D eigenvalue weighted by molar-refractivity contribution is -0.167. The molecule has 2 saturated carbocycles. The summed E-state index contributed by atoms with van der Waals surface area (Å²) in [5.74, 6) is 0.854. The van der Waals surface area contributed by atoms with E-state index in [1.807, 2.05) is 0 Å². The maximum Gasteiger partial charge on any atom is -0.000715 e. The molecule has 0 spiro atoms. The molecule has 0 radical (unpaired) electrons. The van der Waals surface area contributed by atoms with Crippen molar-refractivity contribution in [3.05, 3.63) is 40.5 Å². The van der Waals surface area contributed by atoms with E-state index < -0.39 is 0 Å². The molecule has 1 aromatic rings. The normalized spacial score (nSPS) is 38.0. The van der Waals surface area contributed by atoms with Crippen LogP contribution in [0.15, 0.2) is 12.6 Å². The second-order valence-electron chi connectivity index (χ2n) is 12.2. The average molecular weight is 393 g/mol. The molecule has 0 N–H and O–H groups in total. The Labute approximate surface area is 180 Å². The van der Waals surface area contributed by atoms with Crippen LogP contribution in [-0.2, 0) is 11.8 Å². The molecule has 29 heavy (non-hydrogen) atoms. The highest BCUT2D eigenvalue weighted by atomic mass is 14.7. The van der Waals surface area contributed by atoms with Crippen molar-refractivity contribution in [2.24, 2.45) is 22.2 Å². The van der Waals surface area contributed by atoms with Crippen LogP contribution in [0.1, 0.15) is 114 Å². The van der Waals surface area contributed by atoms with Crippen molar-refractivity contribution in [2.45, 2.75) is 112 Å². The minimum Gasteiger partial charge on any atom is -0.0952 e. The van der Waals surface area contributed by atoms with E-state index in [1.54, 1.807) is 16.7 Å². The van der Waals surface area contributed by atoms with E-state index in [0.29, 0.717) is 16.2 Å². The highest BCUT2D eigenvalue weighted by Gasteiger charge is 2.66. The largest absolute Gasteiger partial charge is 0.0952 e. The van der Waals surface area contributed by atoms with E-state index in [9.17, 15) is 0 Å². The molecule has 0 bridgehead atoms. The quantitative estimate of drug-likeness (QED) is 0.473. The second kappa shape index (κ2) is 6.48. The van der Waals surface area contributed by atoms with Gasteiger partial charge in [-0.2, -0.15) is 0 Å². The summed E-state index contributed by atoms with van der Waals surface area (Å²) in [7, 11) is 0. The van der Waals surface area contributed by atoms with Crippen LogP contribution in [-0.4, -0.2) is 0 Å². The number of hydrogen-bond acceptors (Lipinski definition) is 0. The number of allylic oxidation sites excluding steroid dienone is 1. The van der Waals surface area contributed by atoms with Crippen LogP contribution < -0.4 is 0 Å². The monoisotopic (exact) mass is 392 g/mol. The Kier molecular flexibility index (Phi) is 4.74. The van der Waals surface area contributed by atoms with Crippen molar-refractivity contribution in [3.8, 4) is 0 Å². The van der Waals surface area contributed by atoms with Gasteiger partial charge in [-0.15, -0.1) is 0 Å². The van der Waals surface area contributed by atoms with Gasteiger partial charge in [-0.05, 0) is 120 Å². The molecule has 0 aromatic heterocycles. The predicted octanol–water partition coefficient (Wildman–Crippen LogP) is 8.56. The molecule has 0 heteroatoms. The molecule has 4 rings (SSSR count). The molecule has 0 saturated heterocycles. The minimum absolute atomic E-state index is 0.255. The highest BCUT2D eigenvalue weighted by molar-refractivity contribution is 5.71. The number of rotatable bonds is 2. The van der Waals surface area contributed by atoms with Crippen molar-refractivity contribution in [1.29, 1.82) is 0 Å². The second-order valence-corrected chi connectivity index (χ2v) is 12.2. The van der Waals surface area contributed by atoms with Crippen molar-refractivity contribution < 1.29 is 0 Å². The van der Waals surface area contributed by atoms with Crippen LogP contribution in [0.5, 0.6) is 0 Å². The summed E-state index contributed by atoms with van der Waals surface area (Å²) in [6.45, 7) is 24.6. The first kappa shape index (κ1) is 21.2. The Morgan fingerprint density at radius 2 is 1.72 bits per heavy atom. The SMILES string of the molecule is C=C(CC)c1cc(C)c(C)c2c1[C@]1(C)CCC3C(C)(C)CCC[C@]3(C)[C@@]1(C)CC2. The van der Waals surface area contributed by atoms with Crippen LogP contribution in [0.2, 0.25) is 0 Å². The third kappa shape index (κ3) is 2.56. The molecule has 3 aliphatic rings. The van der Waals surface area contributed by atoms with Crippen molar-refractivity contribution in [1.82, 2.24) is 0 Å². The van der Waals surface area contributed by atoms with Gasteiger partial charge in [-0.1, -0.05) is 60.6 Å². The highest BCUT2D eigenvalue weighted by Crippen LogP contribution is 2.73. The Balaban J connectivity index is 1.97. The van der Waals surface area contributed by atoms with Gasteiger partial charge in [0.25, 0.3) is 0 Å². The zero-order chi connectivity index (χ0) is 21.4. The summed E-state index contributed by atoms with van der Waals surface area (Å²) >= 11 is 0. The number of hydrogen-bond donors (Lipinski definition) is 0. The Morgan fingerprint density at radius 1 is 1.03 bits per heavy atom. The maximum absolute atomic E-state index is 4.54. The third-order valence-electron chi connectivity index (χ3n) is 10.9. The molecule has 0 heterocycles. The molecule has 0 amide bonds. The van der Waals surface area contributed by atoms with Gasteiger partial charge in [0.15, 0.2) is 0 Å². The predicted molar refractivity (Wildman–Crippen MR) is 127 cm³/mol. The first-order chi connectivity index (χ1) is 13.4. The molecule has 1 aromatic carbocycles. The lowest BCUT2D eigenvalue weighted by atomic mass is 9.34. The Bertz CT molecular complexity index is 855. The zero-order valence-corrected chi connectivity index (χ0v) is 20.5. The van der Waals surface area contributed by atoms with E-state index in [1.165, 1.54) is 61.6 Å². The fourth-order valence-electron chi connectivity index (χ4n) is 8.57. The fraction of sp³-hybridized carbons (Fsp3) is 0.724. The van der Waals surface area contributed by atoms with Crippen LogP contribution in [0.25, 0.3) is 5.57 Å². The number of fused-ring (bicyclic) bond motifs is 5. The van der Waals surface area contributed by atoms with E-state index in [-0.39, 0.29) is 5.41 Å². The van der Waals surface area contributed by atoms with Gasteiger partial charge in [0.1, 0.15) is 0 Å². The van der Waals surface area contributed by atoms with E-state index >= 15 is 0 Å². The van der Waals surface area contributed by atoms with Crippen molar-refractivity contribution in [3.63, 3.8) is 0 Å². The molecule has 1 unspecified atom stereocenters. The molecule has 2 fully saturated rings. The summed E-state index contributed by atoms with van der Waals surface area (Å²) in [5, 5.41) is 0. The number of aryl methyl sites for hydroxylation is 1. The van der Waals surface area contributed by atoms with Gasteiger partial charge >= 0.3 is 0 Å². The third-order valence-corrected chi connectivity index (χ3v) is 10.9. The molecule has 0 nitrogen and oxygen atoms in total. The summed E-state index contributed by atoms with van der Waals surface area (Å²) in [6.07, 6.45) is 10.6. The van der Waals surface area contributed by atoms with Gasteiger partial charge in [0.2, 0.25) is 0 Å². The van der Waals surface area contributed by atoms with Gasteiger partial charge in [-0.25, -0.2) is 0 Å². The fourth-order valence-corrected chi connectivity index (χ4v) is 8.57. The van der Waals surface area contributed by atoms with Crippen molar-refractivity contribution in [2.75, 3.05) is 0 Å². The molecular formula is C29H44. The molecule has 4 atom stereocenters. The maximum atomic E-state index is 4.54. The minimum atomic E-state index is 0.255. The summed E-state index contributed by atoms with van der Waals surface area (Å²) in [6, 6.07) is 2.48. The van der Waals surface area contributed by atoms with E-state index in [2.05, 4.69) is 68.0 Å². The van der Waals surface area contributed by atoms with Crippen LogP contribution >= 0.6 is 0 Å². The van der Waals surface area contributed by atoms with Crippen LogP contribution in [0.4, 0.5) is 0 Å². The average Bonchev–Trinajstić information content (AvgIpc) is 2.65. The summed E-state index contributed by atoms with van der Waals surface area (Å²) < 4.78 is 0. The Morgan fingerprint density at radius 3 is 2.38 bits per heavy atom. The van der Waals surface area contributed by atoms with Crippen LogP contribution in [0.3, 0.4) is 0 Å². The molecule has 160 valence electrons. The topological polar surface area (TPSA) is 0 Å². The standard InChI is InChI=1S/C29H44/c1-10-19(2)23-18-20(3)21(4)22-12-17-29(9)27(7)15-11-14-26(5,6)24(27)13-16-28(29,8)25(22)23/h18,24H,2,10-17H2,1,3-9H3/t24?,27-,28-,29+/m0/s1. The molecule has 0 aliphatic heterocycles. The zero-order valence-electron chi connectivity index (χ0n) is 20.5. The molecular weight excluding hydrogens is 348 g/mol. The van der Waals surface area contributed by atoms with Gasteiger partial charge in [0, 0.05) is 0 Å². The first-order valence-electron chi connectivity index (χ1n) is 12.2. The molecule has 3 aliphatic carbocycles. The van der Waals surface area contributed by atoms with Gasteiger partial charge in [-0.3, -0.25) is 0 Å². The summed E-state index contributed by atoms with van der Waals surface area (Å²) in [4.78, 5) is 0. The van der Waals surface area contributed by atoms with Crippen molar-refractivity contribution >= 4 is 5.57 Å².